The van der Waals surface area contributed by atoms with Crippen LogP contribution >= 0.6 is 0 Å². The van der Waals surface area contributed by atoms with Crippen LogP contribution in [0.5, 0.6) is 0 Å². The number of fused-ring (bicyclic) bond motifs is 17. The second-order valence-electron chi connectivity index (χ2n) is 47.3. The number of furan rings is 2. The van der Waals surface area contributed by atoms with Crippen LogP contribution in [0.25, 0.3) is 88.4 Å². The number of hydrogen-bond acceptors (Lipinski definition) is 6. The van der Waals surface area contributed by atoms with Gasteiger partial charge in [-0.25, -0.2) is 0 Å². The predicted octanol–water partition coefficient (Wildman–Crippen LogP) is 33.8. The monoisotopic (exact) mass is 1750 g/mol. The summed E-state index contributed by atoms with van der Waals surface area (Å²) >= 11 is 0. The zero-order valence-electron chi connectivity index (χ0n) is 83.3. The maximum Gasteiger partial charge on any atom is 0.252 e. The van der Waals surface area contributed by atoms with Crippen molar-refractivity contribution >= 4 is 124 Å². The molecular weight excluding hydrogens is 1610 g/mol. The topological polar surface area (TPSA) is 39.2 Å². The van der Waals surface area contributed by atoms with E-state index in [-0.39, 0.29) is 61.1 Å². The molecule has 6 heterocycles. The lowest BCUT2D eigenvalue weighted by atomic mass is 9.33. The van der Waals surface area contributed by atoms with Crippen LogP contribution in [0.15, 0.2) is 282 Å². The highest BCUT2D eigenvalue weighted by Gasteiger charge is 2.63. The first-order valence-corrected chi connectivity index (χ1v) is 49.4. The van der Waals surface area contributed by atoms with Crippen molar-refractivity contribution in [2.45, 2.75) is 272 Å². The molecule has 2 aliphatic carbocycles. The van der Waals surface area contributed by atoms with Gasteiger partial charge in [0.1, 0.15) is 11.2 Å². The van der Waals surface area contributed by atoms with Gasteiger partial charge in [-0.3, -0.25) is 0 Å². The van der Waals surface area contributed by atoms with Gasteiger partial charge in [-0.1, -0.05) is 346 Å². The van der Waals surface area contributed by atoms with Crippen LogP contribution in [0.2, 0.25) is 0 Å². The molecule has 4 unspecified atom stereocenters. The molecule has 0 amide bonds. The molecule has 0 N–H and O–H groups in total. The van der Waals surface area contributed by atoms with E-state index in [1.54, 1.807) is 5.56 Å². The molecule has 0 spiro atoms. The van der Waals surface area contributed by atoms with Crippen LogP contribution in [0.4, 0.5) is 56.9 Å². The van der Waals surface area contributed by atoms with Crippen molar-refractivity contribution in [2.75, 3.05) is 19.6 Å². The molecule has 7 heteroatoms. The number of anilines is 10. The van der Waals surface area contributed by atoms with Crippen molar-refractivity contribution in [3.63, 3.8) is 0 Å². The first-order chi connectivity index (χ1) is 63.0. The van der Waals surface area contributed by atoms with Gasteiger partial charge in [-0.15, -0.1) is 0 Å². The van der Waals surface area contributed by atoms with Gasteiger partial charge in [0.15, 0.2) is 11.2 Å². The normalized spacial score (nSPS) is 19.2. The Morgan fingerprint density at radius 2 is 0.744 bits per heavy atom. The van der Waals surface area contributed by atoms with Crippen LogP contribution in [-0.4, -0.2) is 17.8 Å². The average Bonchev–Trinajstić information content (AvgIpc) is 1.53. The van der Waals surface area contributed by atoms with Gasteiger partial charge < -0.3 is 28.4 Å². The van der Waals surface area contributed by atoms with Gasteiger partial charge in [-0.05, 0) is 271 Å². The third-order valence-electron chi connectivity index (χ3n) is 32.4. The van der Waals surface area contributed by atoms with Crippen LogP contribution in [0, 0.1) is 13.8 Å². The Balaban J connectivity index is 0.000000160. The fraction of sp³-hybridized carbons (Fsp3) is 0.333. The number of rotatable bonds is 9. The average molecular weight is 1750 g/mol. The maximum absolute atomic E-state index is 7.41. The first kappa shape index (κ1) is 87.6. The molecule has 22 rings (SSSR count). The minimum Gasteiger partial charge on any atom is -0.454 e. The Bertz CT molecular complexity index is 7250. The Kier molecular flexibility index (Phi) is 20.2. The van der Waals surface area contributed by atoms with E-state index in [0.717, 1.165) is 74.1 Å². The zero-order chi connectivity index (χ0) is 93.3. The second kappa shape index (κ2) is 30.7. The summed E-state index contributed by atoms with van der Waals surface area (Å²) in [4.78, 5) is 10.9. The van der Waals surface area contributed by atoms with E-state index in [0.29, 0.717) is 0 Å². The van der Waals surface area contributed by atoms with Gasteiger partial charge in [0.25, 0.3) is 6.71 Å². The quantitative estimate of drug-likeness (QED) is 0.134. The molecule has 16 aromatic rings. The minimum absolute atomic E-state index is 0.000428. The molecule has 6 nitrogen and oxygen atoms in total. The number of benzene rings is 14. The number of aryl methyl sites for hydroxylation is 2. The van der Waals surface area contributed by atoms with Crippen LogP contribution in [0.3, 0.4) is 0 Å². The Morgan fingerprint density at radius 1 is 0.316 bits per heavy atom. The van der Waals surface area contributed by atoms with Crippen molar-refractivity contribution in [2.24, 2.45) is 0 Å². The van der Waals surface area contributed by atoms with Gasteiger partial charge in [0.05, 0.1) is 33.8 Å². The molecule has 0 bridgehead atoms. The molecule has 4 atom stereocenters. The maximum atomic E-state index is 7.41. The third kappa shape index (κ3) is 13.9. The summed E-state index contributed by atoms with van der Waals surface area (Å²) < 4.78 is 14.5. The summed E-state index contributed by atoms with van der Waals surface area (Å²) in [7, 11) is 0. The summed E-state index contributed by atoms with van der Waals surface area (Å²) in [5.74, 6) is 0. The SMILES string of the molecule is Cc1cc(N(c2c(-c3ccccc3)cc(C(C)(C)C)cc2-c2ccccc2)c2cccc3c2oc2ccc(C(C)(C)C)cc23)cc(N2c3ccc(C(C)(C)C)cc3C3(C)CCCCC23C)c1.Cc1cc2c3c(c1)N1c4c(cc(C(C)(C)C)cc4C4(C)CCCCC14C)B3c1ccc3c(oc4ccc(C(C)(C)C)cc43)c1N2c1c(-c2ccccc2)cc(C(C)(C)C)cc1-c1ccccc1. The van der Waals surface area contributed by atoms with E-state index in [2.05, 4.69) is 459 Å². The standard InChI is InChI=1S/C63H65BN2O.C63H68N2O/c1-38-31-51-54-52(32-38)66-56-48(62(11)29-19-20-30-63(62,66)12)36-43(61(8,9)10)37-50(56)64(54)49-27-26-44-47-33-41(59(2,3)4)25-28-53(47)67-58(44)57(49)65(51)55-45(39-21-15-13-16-22-39)34-42(60(5,6)7)35-46(55)40-23-17-14-18-24-40;1-41-34-47(40-48(35-41)65-54-30-28-45(60(5,6)7)39-53(54)62(11)32-19-20-33-63(62,65)12)64(55-27-21-26-49-52-36-44(59(2,3)4)29-31-56(52)66-58(49)55)57-50(42-22-15-13-16-23-42)37-46(61(8,9)10)38-51(57)43-24-17-14-18-25-43/h13-18,21-28,31-37H,19-20,29-30H2,1-12H3;13-18,21-31,34-40H,19-20,32-33H2,1-12H3. The minimum atomic E-state index is -0.109. The highest BCUT2D eigenvalue weighted by atomic mass is 16.3. The van der Waals surface area contributed by atoms with Gasteiger partial charge in [-0.2, -0.15) is 0 Å². The molecule has 133 heavy (non-hydrogen) atoms. The van der Waals surface area contributed by atoms with Crippen LogP contribution in [-0.2, 0) is 43.3 Å². The highest BCUT2D eigenvalue weighted by Crippen LogP contribution is 2.66. The molecule has 2 fully saturated rings. The molecule has 14 aromatic carbocycles. The molecule has 2 aromatic heterocycles. The van der Waals surface area contributed by atoms with Gasteiger partial charge in [0, 0.05) is 88.8 Å². The Labute approximate surface area is 792 Å². The number of hydrogen-bond donors (Lipinski definition) is 0. The lowest BCUT2D eigenvalue weighted by Crippen LogP contribution is -2.64. The Morgan fingerprint density at radius 3 is 1.26 bits per heavy atom. The molecule has 0 saturated heterocycles. The van der Waals surface area contributed by atoms with Gasteiger partial charge in [0.2, 0.25) is 0 Å². The zero-order valence-corrected chi connectivity index (χ0v) is 83.3. The van der Waals surface area contributed by atoms with E-state index in [4.69, 9.17) is 8.83 Å². The lowest BCUT2D eigenvalue weighted by Gasteiger charge is -2.53. The van der Waals surface area contributed by atoms with E-state index in [1.165, 1.54) is 189 Å². The second-order valence-corrected chi connectivity index (χ2v) is 47.3. The number of nitrogens with zero attached hydrogens (tertiary/aromatic N) is 4. The summed E-state index contributed by atoms with van der Waals surface area (Å²) in [5.41, 5.74) is 42.8. The first-order valence-electron chi connectivity index (χ1n) is 49.4. The van der Waals surface area contributed by atoms with Crippen molar-refractivity contribution < 1.29 is 8.83 Å². The molecular formula is C126H133BN4O2. The van der Waals surface area contributed by atoms with Crippen LogP contribution < -0.4 is 36.0 Å². The summed E-state index contributed by atoms with van der Waals surface area (Å²) in [5, 5.41) is 4.60. The van der Waals surface area contributed by atoms with E-state index in [9.17, 15) is 0 Å². The summed E-state index contributed by atoms with van der Waals surface area (Å²) in [6.07, 6.45) is 9.64. The molecule has 6 aliphatic rings. The van der Waals surface area contributed by atoms with E-state index in [1.807, 2.05) is 0 Å². The molecule has 672 valence electrons. The molecule has 4 aliphatic heterocycles. The highest BCUT2D eigenvalue weighted by molar-refractivity contribution is 7.00. The summed E-state index contributed by atoms with van der Waals surface area (Å²) in [6, 6.07) is 104. The smallest absolute Gasteiger partial charge is 0.252 e. The fourth-order valence-electron chi connectivity index (χ4n) is 24.3. The third-order valence-corrected chi connectivity index (χ3v) is 32.4. The van der Waals surface area contributed by atoms with Crippen molar-refractivity contribution in [3.8, 4) is 44.5 Å². The van der Waals surface area contributed by atoms with Crippen molar-refractivity contribution in [1.82, 2.24) is 0 Å². The molecule has 0 radical (unpaired) electrons. The number of para-hydroxylation sites is 1. The molecule has 2 saturated carbocycles. The van der Waals surface area contributed by atoms with E-state index < -0.39 is 0 Å². The van der Waals surface area contributed by atoms with Crippen molar-refractivity contribution in [3.05, 3.63) is 329 Å². The largest absolute Gasteiger partial charge is 0.454 e. The Hall–Kier alpha value is -12.1. The lowest BCUT2D eigenvalue weighted by molar-refractivity contribution is 0.195. The predicted molar refractivity (Wildman–Crippen MR) is 570 cm³/mol. The van der Waals surface area contributed by atoms with Crippen LogP contribution in [0.1, 0.15) is 259 Å². The van der Waals surface area contributed by atoms with E-state index >= 15 is 0 Å². The summed E-state index contributed by atoms with van der Waals surface area (Å²) in [6.45, 7) is 57.0. The fourth-order valence-corrected chi connectivity index (χ4v) is 24.3. The van der Waals surface area contributed by atoms with Gasteiger partial charge >= 0.3 is 0 Å². The van der Waals surface area contributed by atoms with Crippen molar-refractivity contribution in [1.29, 1.82) is 0 Å².